The quantitative estimate of drug-likeness (QED) is 0.803. The van der Waals surface area contributed by atoms with E-state index in [1.165, 1.54) is 14.2 Å². The van der Waals surface area contributed by atoms with Crippen molar-refractivity contribution >= 4 is 0 Å². The minimum Gasteiger partial charge on any atom is -0.385 e. The molecule has 7 nitrogen and oxygen atoms in total. The maximum absolute atomic E-state index is 10.4. The molecule has 1 aromatic rings. The van der Waals surface area contributed by atoms with Crippen molar-refractivity contribution in [1.82, 2.24) is 0 Å². The number of ether oxygens (including phenoxy) is 6. The van der Waals surface area contributed by atoms with Crippen molar-refractivity contribution in [2.45, 2.75) is 37.0 Å². The lowest BCUT2D eigenvalue weighted by molar-refractivity contribution is -0.367. The van der Waals surface area contributed by atoms with Gasteiger partial charge >= 0.3 is 0 Å². The van der Waals surface area contributed by atoms with E-state index in [0.29, 0.717) is 6.61 Å². The number of aliphatic hydroxyl groups excluding tert-OH is 1. The molecule has 0 amide bonds. The summed E-state index contributed by atoms with van der Waals surface area (Å²) in [7, 11) is 2.99. The van der Waals surface area contributed by atoms with Gasteiger partial charge in [-0.05, 0) is 0 Å². The van der Waals surface area contributed by atoms with Gasteiger partial charge in [-0.3, -0.25) is 0 Å². The van der Waals surface area contributed by atoms with Crippen LogP contribution in [-0.2, 0) is 28.4 Å². The Balaban J connectivity index is 1.76. The molecule has 2 aliphatic heterocycles. The summed E-state index contributed by atoms with van der Waals surface area (Å²) in [5.41, 5.74) is 0.903. The first-order valence-electron chi connectivity index (χ1n) is 7.53. The van der Waals surface area contributed by atoms with E-state index < -0.39 is 30.9 Å². The molecule has 1 N–H and O–H groups in total. The molecule has 6 atom stereocenters. The lowest BCUT2D eigenvalue weighted by Crippen LogP contribution is -2.62. The Morgan fingerprint density at radius 2 is 1.96 bits per heavy atom. The van der Waals surface area contributed by atoms with Crippen LogP contribution < -0.4 is 0 Å². The van der Waals surface area contributed by atoms with Gasteiger partial charge in [0.25, 0.3) is 0 Å². The summed E-state index contributed by atoms with van der Waals surface area (Å²) < 4.78 is 33.2. The van der Waals surface area contributed by atoms with Crippen molar-refractivity contribution in [1.29, 1.82) is 0 Å². The van der Waals surface area contributed by atoms with Crippen molar-refractivity contribution in [3.8, 4) is 0 Å². The number of fused-ring (bicyclic) bond motifs is 1. The highest BCUT2D eigenvalue weighted by Gasteiger charge is 2.50. The minimum atomic E-state index is -0.981. The van der Waals surface area contributed by atoms with Gasteiger partial charge < -0.3 is 33.5 Å². The Kier molecular flexibility index (Phi) is 5.60. The summed E-state index contributed by atoms with van der Waals surface area (Å²) in [6, 6.07) is 9.61. The number of benzene rings is 1. The van der Waals surface area contributed by atoms with Crippen LogP contribution in [-0.4, -0.2) is 63.4 Å². The number of rotatable bonds is 5. The van der Waals surface area contributed by atoms with Crippen LogP contribution >= 0.6 is 0 Å². The van der Waals surface area contributed by atoms with E-state index in [-0.39, 0.29) is 12.9 Å². The van der Waals surface area contributed by atoms with Crippen LogP contribution in [0.2, 0.25) is 0 Å². The SMILES string of the molecule is COCO[C@@H]1[C@@H](O)[C@@H](OC)O[C@@H]2COC(c3ccccc3)O[C@@H]12. The molecule has 2 aliphatic rings. The van der Waals surface area contributed by atoms with E-state index in [1.807, 2.05) is 30.3 Å². The van der Waals surface area contributed by atoms with Crippen LogP contribution in [0.4, 0.5) is 0 Å². The van der Waals surface area contributed by atoms with Crippen LogP contribution in [0, 0.1) is 0 Å². The van der Waals surface area contributed by atoms with Gasteiger partial charge in [0, 0.05) is 19.8 Å². The van der Waals surface area contributed by atoms with Gasteiger partial charge in [0.1, 0.15) is 31.2 Å². The number of aliphatic hydroxyl groups is 1. The summed E-state index contributed by atoms with van der Waals surface area (Å²) in [4.78, 5) is 0. The van der Waals surface area contributed by atoms with Gasteiger partial charge in [0.05, 0.1) is 6.61 Å². The third kappa shape index (κ3) is 3.56. The van der Waals surface area contributed by atoms with E-state index in [2.05, 4.69) is 0 Å². The summed E-state index contributed by atoms with van der Waals surface area (Å²) >= 11 is 0. The van der Waals surface area contributed by atoms with Crippen molar-refractivity contribution in [2.24, 2.45) is 0 Å². The molecular weight excluding hydrogens is 304 g/mol. The Bertz CT molecular complexity index is 483. The average Bonchev–Trinajstić information content (AvgIpc) is 2.61. The molecule has 2 saturated heterocycles. The van der Waals surface area contributed by atoms with Crippen LogP contribution in [0.25, 0.3) is 0 Å². The van der Waals surface area contributed by atoms with Crippen molar-refractivity contribution < 1.29 is 33.5 Å². The predicted octanol–water partition coefficient (Wildman–Crippen LogP) is 0.822. The van der Waals surface area contributed by atoms with Gasteiger partial charge in [0.2, 0.25) is 0 Å². The van der Waals surface area contributed by atoms with Gasteiger partial charge in [-0.2, -0.15) is 0 Å². The molecular formula is C16H22O7. The summed E-state index contributed by atoms with van der Waals surface area (Å²) in [5, 5.41) is 10.4. The second-order valence-electron chi connectivity index (χ2n) is 5.48. The lowest BCUT2D eigenvalue weighted by Gasteiger charge is -2.47. The highest BCUT2D eigenvalue weighted by Crippen LogP contribution is 2.35. The molecule has 23 heavy (non-hydrogen) atoms. The van der Waals surface area contributed by atoms with Gasteiger partial charge in [-0.1, -0.05) is 30.3 Å². The normalized spacial score (nSPS) is 37.3. The van der Waals surface area contributed by atoms with Crippen molar-refractivity contribution in [2.75, 3.05) is 27.6 Å². The van der Waals surface area contributed by atoms with Gasteiger partial charge in [0.15, 0.2) is 12.6 Å². The Labute approximate surface area is 135 Å². The molecule has 3 rings (SSSR count). The van der Waals surface area contributed by atoms with Gasteiger partial charge in [-0.25, -0.2) is 0 Å². The zero-order chi connectivity index (χ0) is 16.2. The lowest BCUT2D eigenvalue weighted by atomic mass is 9.97. The highest BCUT2D eigenvalue weighted by molar-refractivity contribution is 5.16. The maximum Gasteiger partial charge on any atom is 0.186 e. The van der Waals surface area contributed by atoms with Gasteiger partial charge in [-0.15, -0.1) is 0 Å². The zero-order valence-electron chi connectivity index (χ0n) is 13.2. The Morgan fingerprint density at radius 1 is 1.17 bits per heavy atom. The molecule has 1 aromatic carbocycles. The third-order valence-corrected chi connectivity index (χ3v) is 3.99. The van der Waals surface area contributed by atoms with E-state index in [1.54, 1.807) is 0 Å². The van der Waals surface area contributed by atoms with E-state index in [9.17, 15) is 5.11 Å². The van der Waals surface area contributed by atoms with E-state index in [4.69, 9.17) is 28.4 Å². The first kappa shape index (κ1) is 16.8. The van der Waals surface area contributed by atoms with Crippen LogP contribution in [0.15, 0.2) is 30.3 Å². The minimum absolute atomic E-state index is 0.0433. The predicted molar refractivity (Wildman–Crippen MR) is 78.4 cm³/mol. The molecule has 0 spiro atoms. The molecule has 0 aromatic heterocycles. The molecule has 0 radical (unpaired) electrons. The van der Waals surface area contributed by atoms with Crippen LogP contribution in [0.5, 0.6) is 0 Å². The first-order chi connectivity index (χ1) is 11.2. The monoisotopic (exact) mass is 326 g/mol. The highest BCUT2D eigenvalue weighted by atomic mass is 16.8. The second kappa shape index (κ2) is 7.67. The number of hydrogen-bond donors (Lipinski definition) is 1. The molecule has 0 bridgehead atoms. The van der Waals surface area contributed by atoms with E-state index >= 15 is 0 Å². The molecule has 1 unspecified atom stereocenters. The third-order valence-electron chi connectivity index (χ3n) is 3.99. The summed E-state index contributed by atoms with van der Waals surface area (Å²) in [5.74, 6) is 0. The summed E-state index contributed by atoms with van der Waals surface area (Å²) in [6.07, 6.45) is -3.80. The fourth-order valence-electron chi connectivity index (χ4n) is 2.87. The van der Waals surface area contributed by atoms with E-state index in [0.717, 1.165) is 5.56 Å². The maximum atomic E-state index is 10.4. The fraction of sp³-hybridized carbons (Fsp3) is 0.625. The molecule has 128 valence electrons. The van der Waals surface area contributed by atoms with Crippen LogP contribution in [0.3, 0.4) is 0 Å². The number of hydrogen-bond acceptors (Lipinski definition) is 7. The van der Waals surface area contributed by atoms with Crippen molar-refractivity contribution in [3.05, 3.63) is 35.9 Å². The largest absolute Gasteiger partial charge is 0.385 e. The average molecular weight is 326 g/mol. The zero-order valence-corrected chi connectivity index (χ0v) is 13.2. The molecule has 0 aliphatic carbocycles. The Morgan fingerprint density at radius 3 is 2.65 bits per heavy atom. The number of methoxy groups -OCH3 is 2. The van der Waals surface area contributed by atoms with Crippen LogP contribution in [0.1, 0.15) is 11.9 Å². The summed E-state index contributed by atoms with van der Waals surface area (Å²) in [6.45, 7) is 0.366. The standard InChI is InChI=1S/C16H22O7/c1-18-9-21-14-12(17)16(19-2)22-11-8-20-15(23-13(11)14)10-6-4-3-5-7-10/h3-7,11-17H,8-9H2,1-2H3/t11-,12-,13-,14-,15?,16+/m1/s1. The second-order valence-corrected chi connectivity index (χ2v) is 5.48. The fourth-order valence-corrected chi connectivity index (χ4v) is 2.87. The molecule has 0 saturated carbocycles. The topological polar surface area (TPSA) is 75.6 Å². The first-order valence-corrected chi connectivity index (χ1v) is 7.53. The molecule has 2 fully saturated rings. The van der Waals surface area contributed by atoms with Crippen molar-refractivity contribution in [3.63, 3.8) is 0 Å². The Hall–Kier alpha value is -1.06. The molecule has 2 heterocycles. The molecule has 7 heteroatoms. The smallest absolute Gasteiger partial charge is 0.186 e.